The summed E-state index contributed by atoms with van der Waals surface area (Å²) in [5, 5.41) is 9.56. The summed E-state index contributed by atoms with van der Waals surface area (Å²) < 4.78 is 7.70. The third-order valence-corrected chi connectivity index (χ3v) is 9.33. The van der Waals surface area contributed by atoms with Crippen LogP contribution in [0.3, 0.4) is 0 Å². The van der Waals surface area contributed by atoms with E-state index in [-0.39, 0.29) is 5.54 Å². The van der Waals surface area contributed by atoms with Crippen molar-refractivity contribution >= 4 is 16.7 Å². The number of hydrogen-bond acceptors (Lipinski definition) is 7. The van der Waals surface area contributed by atoms with Gasteiger partial charge in [0.25, 0.3) is 0 Å². The number of morpholine rings is 1. The molecule has 3 atom stereocenters. The number of nitrogens with zero attached hydrogens (tertiary/aromatic N) is 6. The van der Waals surface area contributed by atoms with Crippen LogP contribution in [0, 0.1) is 11.3 Å². The molecule has 0 amide bonds. The van der Waals surface area contributed by atoms with Gasteiger partial charge >= 0.3 is 0 Å². The zero-order chi connectivity index (χ0) is 22.9. The van der Waals surface area contributed by atoms with E-state index in [4.69, 9.17) is 9.84 Å². The second-order valence-electron chi connectivity index (χ2n) is 10.8. The fourth-order valence-corrected chi connectivity index (χ4v) is 6.88. The number of nitrogens with one attached hydrogen (secondary N) is 1. The van der Waals surface area contributed by atoms with E-state index < -0.39 is 0 Å². The molecule has 0 bridgehead atoms. The monoisotopic (exact) mass is 459 g/mol. The smallest absolute Gasteiger partial charge is 0.159 e. The van der Waals surface area contributed by atoms with Crippen LogP contribution in [-0.2, 0) is 10.3 Å². The Kier molecular flexibility index (Phi) is 4.57. The Balaban J connectivity index is 1.21. The minimum atomic E-state index is 0.0539. The molecule has 1 N–H and O–H groups in total. The van der Waals surface area contributed by atoms with Crippen LogP contribution >= 0.6 is 0 Å². The van der Waals surface area contributed by atoms with Gasteiger partial charge in [-0.2, -0.15) is 5.10 Å². The highest BCUT2D eigenvalue weighted by Crippen LogP contribution is 2.71. The van der Waals surface area contributed by atoms with Crippen LogP contribution < -0.4 is 10.2 Å². The van der Waals surface area contributed by atoms with Crippen molar-refractivity contribution in [3.63, 3.8) is 0 Å². The van der Waals surface area contributed by atoms with Crippen molar-refractivity contribution in [2.24, 2.45) is 11.3 Å². The van der Waals surface area contributed by atoms with E-state index in [1.807, 2.05) is 10.9 Å². The first-order valence-corrected chi connectivity index (χ1v) is 12.7. The van der Waals surface area contributed by atoms with E-state index in [0.29, 0.717) is 17.4 Å². The SMILES string of the molecule is CN[C@]1(c2ccc3cnn(-c4cc(N5CCN6CCOC[C@@H]6C5)ncn4)c3c2)CC2(CC2)[C@@H]1C. The molecule has 4 aliphatic rings. The van der Waals surface area contributed by atoms with Crippen LogP contribution in [0.15, 0.2) is 36.8 Å². The summed E-state index contributed by atoms with van der Waals surface area (Å²) in [7, 11) is 2.11. The molecule has 0 radical (unpaired) electrons. The van der Waals surface area contributed by atoms with Gasteiger partial charge in [0.2, 0.25) is 0 Å². The van der Waals surface area contributed by atoms with Crippen LogP contribution in [0.2, 0.25) is 0 Å². The number of piperazine rings is 1. The summed E-state index contributed by atoms with van der Waals surface area (Å²) >= 11 is 0. The molecule has 2 aliphatic carbocycles. The minimum Gasteiger partial charge on any atom is -0.378 e. The topological polar surface area (TPSA) is 71.3 Å². The zero-order valence-corrected chi connectivity index (χ0v) is 20.1. The van der Waals surface area contributed by atoms with Crippen molar-refractivity contribution in [1.82, 2.24) is 30.0 Å². The Morgan fingerprint density at radius 1 is 1.09 bits per heavy atom. The van der Waals surface area contributed by atoms with E-state index >= 15 is 0 Å². The number of fused-ring (bicyclic) bond motifs is 2. The molecule has 2 aromatic heterocycles. The summed E-state index contributed by atoms with van der Waals surface area (Å²) in [6, 6.07) is 9.34. The lowest BCUT2D eigenvalue weighted by atomic mass is 9.54. The lowest BCUT2D eigenvalue weighted by molar-refractivity contribution is -0.0117. The normalized spacial score (nSPS) is 30.4. The largest absolute Gasteiger partial charge is 0.378 e. The Morgan fingerprint density at radius 2 is 1.97 bits per heavy atom. The Bertz CT molecular complexity index is 1240. The summed E-state index contributed by atoms with van der Waals surface area (Å²) in [5.41, 5.74) is 3.09. The summed E-state index contributed by atoms with van der Waals surface area (Å²) in [6.07, 6.45) is 7.60. The second kappa shape index (κ2) is 7.47. The van der Waals surface area contributed by atoms with E-state index in [9.17, 15) is 0 Å². The fourth-order valence-electron chi connectivity index (χ4n) is 6.88. The molecule has 2 aliphatic heterocycles. The standard InChI is InChI=1S/C26H33N7O/c1-18-25(5-6-25)16-26(18,27-2)20-4-3-19-13-30-33(22(19)11-20)24-12-23(28-17-29-24)32-8-7-31-9-10-34-15-21(31)14-32/h3-4,11-13,17-18,21,27H,5-10,14-16H2,1-2H3/t18-,21-,26+/m0/s1. The van der Waals surface area contributed by atoms with Crippen LogP contribution in [0.1, 0.15) is 31.7 Å². The van der Waals surface area contributed by atoms with Crippen LogP contribution in [0.25, 0.3) is 16.7 Å². The molecule has 8 nitrogen and oxygen atoms in total. The molecule has 4 heterocycles. The van der Waals surface area contributed by atoms with Gasteiger partial charge in [0, 0.05) is 43.2 Å². The third kappa shape index (κ3) is 2.98. The van der Waals surface area contributed by atoms with Crippen molar-refractivity contribution in [2.45, 2.75) is 37.8 Å². The van der Waals surface area contributed by atoms with Gasteiger partial charge in [-0.05, 0) is 49.3 Å². The van der Waals surface area contributed by atoms with Gasteiger partial charge in [-0.3, -0.25) is 4.90 Å². The van der Waals surface area contributed by atoms with E-state index in [1.165, 1.54) is 24.8 Å². The van der Waals surface area contributed by atoms with Gasteiger partial charge in [-0.1, -0.05) is 19.1 Å². The third-order valence-electron chi connectivity index (χ3n) is 9.33. The first kappa shape index (κ1) is 20.8. The molecule has 3 aromatic rings. The second-order valence-corrected chi connectivity index (χ2v) is 10.8. The summed E-state index contributed by atoms with van der Waals surface area (Å²) in [5.74, 6) is 2.43. The van der Waals surface area contributed by atoms with Crippen molar-refractivity contribution in [3.8, 4) is 5.82 Å². The summed E-state index contributed by atoms with van der Waals surface area (Å²) in [4.78, 5) is 14.1. The highest BCUT2D eigenvalue weighted by Gasteiger charge is 2.66. The van der Waals surface area contributed by atoms with Crippen LogP contribution in [0.4, 0.5) is 5.82 Å². The van der Waals surface area contributed by atoms with Crippen molar-refractivity contribution in [1.29, 1.82) is 0 Å². The molecule has 4 fully saturated rings. The molecule has 2 saturated heterocycles. The fraction of sp³-hybridized carbons (Fsp3) is 0.577. The molecule has 34 heavy (non-hydrogen) atoms. The highest BCUT2D eigenvalue weighted by atomic mass is 16.5. The molecule has 7 rings (SSSR count). The zero-order valence-electron chi connectivity index (χ0n) is 20.1. The Hall–Kier alpha value is -2.55. The first-order valence-electron chi connectivity index (χ1n) is 12.7. The molecule has 8 heteroatoms. The van der Waals surface area contributed by atoms with Gasteiger partial charge in [0.05, 0.1) is 31.0 Å². The maximum absolute atomic E-state index is 5.72. The first-order chi connectivity index (χ1) is 16.6. The molecular formula is C26H33N7O. The van der Waals surface area contributed by atoms with Gasteiger partial charge < -0.3 is 15.0 Å². The predicted octanol–water partition coefficient (Wildman–Crippen LogP) is 2.57. The van der Waals surface area contributed by atoms with Gasteiger partial charge in [0.15, 0.2) is 5.82 Å². The number of benzene rings is 1. The molecule has 2 saturated carbocycles. The number of ether oxygens (including phenoxy) is 1. The van der Waals surface area contributed by atoms with Crippen LogP contribution in [0.5, 0.6) is 0 Å². The van der Waals surface area contributed by atoms with Crippen molar-refractivity contribution in [3.05, 3.63) is 42.4 Å². The number of aromatic nitrogens is 4. The highest BCUT2D eigenvalue weighted by molar-refractivity contribution is 5.81. The van der Waals surface area contributed by atoms with E-state index in [2.05, 4.69) is 63.3 Å². The van der Waals surface area contributed by atoms with Crippen molar-refractivity contribution < 1.29 is 4.74 Å². The van der Waals surface area contributed by atoms with E-state index in [1.54, 1.807) is 6.33 Å². The average Bonchev–Trinajstić information content (AvgIpc) is 3.59. The van der Waals surface area contributed by atoms with Crippen molar-refractivity contribution in [2.75, 3.05) is 51.3 Å². The Labute approximate surface area is 200 Å². The maximum Gasteiger partial charge on any atom is 0.159 e. The van der Waals surface area contributed by atoms with Crippen LogP contribution in [-0.4, -0.2) is 77.1 Å². The number of hydrogen-bond donors (Lipinski definition) is 1. The lowest BCUT2D eigenvalue weighted by Crippen LogP contribution is -2.59. The molecule has 1 spiro atoms. The van der Waals surface area contributed by atoms with Gasteiger partial charge in [-0.25, -0.2) is 14.6 Å². The molecule has 0 unspecified atom stereocenters. The Morgan fingerprint density at radius 3 is 2.79 bits per heavy atom. The van der Waals surface area contributed by atoms with Gasteiger partial charge in [0.1, 0.15) is 12.1 Å². The van der Waals surface area contributed by atoms with Gasteiger partial charge in [-0.15, -0.1) is 0 Å². The molecule has 1 aromatic carbocycles. The summed E-state index contributed by atoms with van der Waals surface area (Å²) in [6.45, 7) is 8.05. The predicted molar refractivity (Wildman–Crippen MR) is 131 cm³/mol. The quantitative estimate of drug-likeness (QED) is 0.643. The molecular weight excluding hydrogens is 426 g/mol. The minimum absolute atomic E-state index is 0.0539. The lowest BCUT2D eigenvalue weighted by Gasteiger charge is -2.55. The maximum atomic E-state index is 5.72. The number of anilines is 1. The number of rotatable bonds is 4. The molecule has 178 valence electrons. The van der Waals surface area contributed by atoms with E-state index in [0.717, 1.165) is 61.9 Å². The average molecular weight is 460 g/mol.